The van der Waals surface area contributed by atoms with Crippen LogP contribution >= 0.6 is 0 Å². The Balaban J connectivity index is 1.15. The number of amides is 1. The van der Waals surface area contributed by atoms with Crippen LogP contribution in [0, 0.1) is 0 Å². The summed E-state index contributed by atoms with van der Waals surface area (Å²) >= 11 is 0. The van der Waals surface area contributed by atoms with Crippen LogP contribution in [0.3, 0.4) is 0 Å². The standard InChI is InChI=1S/C66H60F3NO7S/c67-66(68,69)78(72,73)70-65(71)60-42-58-40-56-24-10-22-54-38-52-20-9-21-53-39-55-23-11-25-57(63(55)76-36-32-50-18-7-3-14-46(50)27-26-45-13-2-6-17-49(45)31-35-75-62(54)56)41-59(43-60)64(58)77-37-33-51-19-8-4-15-47(51)29-28-44-12-1-5-16-48(44)30-34-74-61(52)53/h1-25,42-43H,26-41H2,(H,70,71). The van der Waals surface area contributed by atoms with Gasteiger partial charge in [-0.3, -0.25) is 4.79 Å². The van der Waals surface area contributed by atoms with E-state index in [0.717, 1.165) is 70.4 Å². The molecule has 8 aromatic carbocycles. The van der Waals surface area contributed by atoms with Gasteiger partial charge in [0.1, 0.15) is 23.0 Å². The minimum atomic E-state index is -6.08. The number of aryl methyl sites for hydroxylation is 4. The Labute approximate surface area is 454 Å². The third-order valence-corrected chi connectivity index (χ3v) is 16.4. The predicted octanol–water partition coefficient (Wildman–Crippen LogP) is 12.6. The van der Waals surface area contributed by atoms with Gasteiger partial charge in [0.05, 0.1) is 26.4 Å². The fraction of sp³-hybridized carbons (Fsp3) is 0.258. The first-order chi connectivity index (χ1) is 37.9. The number of halogens is 3. The molecule has 0 atom stereocenters. The molecule has 0 fully saturated rings. The molecule has 398 valence electrons. The molecule has 0 saturated carbocycles. The van der Waals surface area contributed by atoms with Gasteiger partial charge >= 0.3 is 15.5 Å². The van der Waals surface area contributed by atoms with Crippen LogP contribution in [0.4, 0.5) is 13.2 Å². The maximum atomic E-state index is 14.1. The highest BCUT2D eigenvalue weighted by Crippen LogP contribution is 2.40. The number of sulfonamides is 1. The van der Waals surface area contributed by atoms with Crippen molar-refractivity contribution in [1.82, 2.24) is 4.72 Å². The van der Waals surface area contributed by atoms with Crippen LogP contribution in [0.2, 0.25) is 0 Å². The average Bonchev–Trinajstić information content (AvgIpc) is 3.44. The predicted molar refractivity (Wildman–Crippen MR) is 297 cm³/mol. The van der Waals surface area contributed by atoms with Crippen molar-refractivity contribution in [2.45, 2.75) is 82.6 Å². The Morgan fingerprint density at radius 3 is 0.846 bits per heavy atom. The fourth-order valence-corrected chi connectivity index (χ4v) is 11.9. The number of hydrogen-bond acceptors (Lipinski definition) is 7. The van der Waals surface area contributed by atoms with Gasteiger partial charge < -0.3 is 18.9 Å². The lowest BCUT2D eigenvalue weighted by Gasteiger charge is -2.23. The first-order valence-corrected chi connectivity index (χ1v) is 28.3. The molecule has 1 amide bonds. The van der Waals surface area contributed by atoms with E-state index in [0.29, 0.717) is 86.7 Å². The third-order valence-electron chi connectivity index (χ3n) is 15.4. The molecule has 0 radical (unpaired) electrons. The Bertz CT molecular complexity index is 3480. The zero-order chi connectivity index (χ0) is 53.6. The summed E-state index contributed by atoms with van der Waals surface area (Å²) in [6.45, 7) is 1.28. The van der Waals surface area contributed by atoms with Crippen LogP contribution in [0.15, 0.2) is 164 Å². The number of rotatable bonds is 2. The lowest BCUT2D eigenvalue weighted by Crippen LogP contribution is -2.40. The van der Waals surface area contributed by atoms with Crippen LogP contribution in [-0.4, -0.2) is 46.3 Å². The minimum absolute atomic E-state index is 0.106. The number of fused-ring (bicyclic) bond motifs is 10. The zero-order valence-electron chi connectivity index (χ0n) is 43.3. The second kappa shape index (κ2) is 23.0. The summed E-state index contributed by atoms with van der Waals surface area (Å²) in [4.78, 5) is 14.1. The van der Waals surface area contributed by atoms with E-state index in [2.05, 4.69) is 103 Å². The van der Waals surface area contributed by atoms with Crippen molar-refractivity contribution in [2.75, 3.05) is 26.4 Å². The Morgan fingerprint density at radius 2 is 0.577 bits per heavy atom. The number of hydrogen-bond donors (Lipinski definition) is 1. The summed E-state index contributed by atoms with van der Waals surface area (Å²) in [6.07, 6.45) is 6.74. The molecule has 1 N–H and O–H groups in total. The van der Waals surface area contributed by atoms with Crippen molar-refractivity contribution >= 4 is 15.9 Å². The lowest BCUT2D eigenvalue weighted by molar-refractivity contribution is -0.0446. The number of ether oxygens (including phenoxy) is 4. The van der Waals surface area contributed by atoms with Crippen molar-refractivity contribution in [2.24, 2.45) is 0 Å². The van der Waals surface area contributed by atoms with Crippen LogP contribution in [-0.2, 0) is 87.1 Å². The summed E-state index contributed by atoms with van der Waals surface area (Å²) in [5.41, 5.74) is 9.62. The van der Waals surface area contributed by atoms with E-state index in [1.54, 1.807) is 0 Å². The van der Waals surface area contributed by atoms with Gasteiger partial charge in [-0.2, -0.15) is 21.6 Å². The molecule has 12 heteroatoms. The van der Waals surface area contributed by atoms with E-state index in [4.69, 9.17) is 18.9 Å². The molecule has 13 rings (SSSR count). The first-order valence-electron chi connectivity index (χ1n) is 26.8. The topological polar surface area (TPSA) is 100 Å². The number of alkyl halides is 3. The number of nitrogens with one attached hydrogen (secondary N) is 1. The van der Waals surface area contributed by atoms with Crippen LogP contribution in [0.25, 0.3) is 0 Å². The van der Waals surface area contributed by atoms with Gasteiger partial charge in [-0.15, -0.1) is 0 Å². The third kappa shape index (κ3) is 11.7. The lowest BCUT2D eigenvalue weighted by atomic mass is 9.90. The normalized spacial score (nSPS) is 15.1. The monoisotopic (exact) mass is 1070 g/mol. The SMILES string of the molecule is O=C(NS(=O)(=O)C(F)(F)F)c1cc2c3c(c1)Cc1cccc4c1OCCc1ccccc1CCc1ccccc1CCOc1c(cccc1C2)Cc1cccc(c1OCCc1ccccc1CCc1ccccc1CCO3)C4. The van der Waals surface area contributed by atoms with Crippen molar-refractivity contribution < 1.29 is 45.3 Å². The summed E-state index contributed by atoms with van der Waals surface area (Å²) in [5, 5.41) is 0. The number of carbonyl (C=O) groups excluding carboxylic acids is 1. The molecule has 8 nitrogen and oxygen atoms in total. The minimum Gasteiger partial charge on any atom is -0.493 e. The van der Waals surface area contributed by atoms with Gasteiger partial charge in [0.15, 0.2) is 0 Å². The van der Waals surface area contributed by atoms with Gasteiger partial charge in [0.2, 0.25) is 0 Å². The van der Waals surface area contributed by atoms with Gasteiger partial charge in [0.25, 0.3) is 5.91 Å². The van der Waals surface area contributed by atoms with E-state index in [9.17, 15) is 26.4 Å². The molecule has 8 aromatic rings. The maximum Gasteiger partial charge on any atom is 0.516 e. The largest absolute Gasteiger partial charge is 0.516 e. The molecule has 0 unspecified atom stereocenters. The Hall–Kier alpha value is -7.83. The molecule has 4 aliphatic heterocycles. The molecule has 78 heavy (non-hydrogen) atoms. The van der Waals surface area contributed by atoms with Gasteiger partial charge in [-0.25, -0.2) is 4.72 Å². The van der Waals surface area contributed by atoms with E-state index < -0.39 is 21.4 Å². The smallest absolute Gasteiger partial charge is 0.493 e. The second-order valence-corrected chi connectivity index (χ2v) is 22.1. The fourth-order valence-electron chi connectivity index (χ4n) is 11.5. The average molecular weight is 1070 g/mol. The number of benzene rings is 8. The number of para-hydroxylation sites is 3. The van der Waals surface area contributed by atoms with Crippen molar-refractivity contribution in [3.63, 3.8) is 0 Å². The van der Waals surface area contributed by atoms with Crippen LogP contribution < -0.4 is 23.7 Å². The molecule has 1 aliphatic carbocycles. The molecular formula is C66H60F3NO7S. The summed E-state index contributed by atoms with van der Waals surface area (Å²) in [5.74, 6) is 1.03. The van der Waals surface area contributed by atoms with E-state index in [-0.39, 0.29) is 25.0 Å². The van der Waals surface area contributed by atoms with E-state index in [1.807, 2.05) is 48.5 Å². The molecule has 5 aliphatic rings. The quantitative estimate of drug-likeness (QED) is 0.184. The van der Waals surface area contributed by atoms with E-state index >= 15 is 0 Å². The second-order valence-electron chi connectivity index (χ2n) is 20.4. The summed E-state index contributed by atoms with van der Waals surface area (Å²) < 4.78 is 96.7. The van der Waals surface area contributed by atoms with Gasteiger partial charge in [-0.1, -0.05) is 152 Å². The summed E-state index contributed by atoms with van der Waals surface area (Å²) in [7, 11) is -6.08. The summed E-state index contributed by atoms with van der Waals surface area (Å²) in [6, 6.07) is 54.9. The highest BCUT2D eigenvalue weighted by Gasteiger charge is 2.47. The van der Waals surface area contributed by atoms with Gasteiger partial charge in [-0.05, 0) is 127 Å². The van der Waals surface area contributed by atoms with Gasteiger partial charge in [0, 0.05) is 56.9 Å². The molecule has 0 saturated heterocycles. The molecular weight excluding hydrogens is 1010 g/mol. The maximum absolute atomic E-state index is 14.1. The first kappa shape index (κ1) is 52.2. The highest BCUT2D eigenvalue weighted by atomic mass is 32.2. The van der Waals surface area contributed by atoms with Crippen LogP contribution in [0.5, 0.6) is 23.0 Å². The molecule has 0 spiro atoms. The molecule has 12 bridgehead atoms. The Kier molecular flexibility index (Phi) is 15.4. The molecule has 0 aromatic heterocycles. The molecule has 4 heterocycles. The number of carbonyl (C=O) groups is 1. The Morgan fingerprint density at radius 1 is 0.346 bits per heavy atom. The van der Waals surface area contributed by atoms with Crippen molar-refractivity contribution in [3.05, 3.63) is 258 Å². The highest BCUT2D eigenvalue weighted by molar-refractivity contribution is 7.90. The van der Waals surface area contributed by atoms with Crippen molar-refractivity contribution in [3.8, 4) is 23.0 Å². The van der Waals surface area contributed by atoms with E-state index in [1.165, 1.54) is 55.8 Å². The van der Waals surface area contributed by atoms with Crippen molar-refractivity contribution in [1.29, 1.82) is 0 Å². The van der Waals surface area contributed by atoms with Crippen LogP contribution in [0.1, 0.15) is 99.4 Å². The zero-order valence-corrected chi connectivity index (χ0v) is 44.1.